The fourth-order valence-corrected chi connectivity index (χ4v) is 1.08. The van der Waals surface area contributed by atoms with Crippen LogP contribution in [-0.4, -0.2) is 18.8 Å². The molecule has 0 fully saturated rings. The summed E-state index contributed by atoms with van der Waals surface area (Å²) in [6.07, 6.45) is 1.58. The van der Waals surface area contributed by atoms with Crippen LogP contribution in [0.15, 0.2) is 34.5 Å². The molecule has 0 aliphatic rings. The van der Waals surface area contributed by atoms with E-state index in [0.717, 1.165) is 11.3 Å². The van der Waals surface area contributed by atoms with Gasteiger partial charge in [0.25, 0.3) is 0 Å². The van der Waals surface area contributed by atoms with Gasteiger partial charge in [-0.1, -0.05) is 13.8 Å². The van der Waals surface area contributed by atoms with E-state index in [9.17, 15) is 0 Å². The molecular weight excluding hydrogens is 216 g/mol. The quantitative estimate of drug-likeness (QED) is 0.458. The maximum Gasteiger partial charge on any atom is 0.211 e. The van der Waals surface area contributed by atoms with Gasteiger partial charge in [0, 0.05) is 0 Å². The number of hydrogen-bond donors (Lipinski definition) is 2. The van der Waals surface area contributed by atoms with Gasteiger partial charge in [-0.25, -0.2) is 0 Å². The van der Waals surface area contributed by atoms with E-state index in [1.165, 1.54) is 0 Å². The Labute approximate surface area is 101 Å². The minimum atomic E-state index is -0.0573. The Morgan fingerprint density at radius 2 is 1.94 bits per heavy atom. The molecule has 1 aromatic rings. The molecule has 0 aromatic heterocycles. The van der Waals surface area contributed by atoms with E-state index in [1.807, 2.05) is 24.3 Å². The maximum absolute atomic E-state index is 5.55. The number of benzene rings is 1. The van der Waals surface area contributed by atoms with Crippen molar-refractivity contribution in [2.24, 2.45) is 27.6 Å². The standard InChI is InChI=1S/C12H18N4O/c1-9(2)8-17-11-5-3-10(4-6-11)7-15-16-12(13)14/h3-7,9H,8H2,1-2H3,(H4,13,14,16)/b15-7-. The molecule has 5 heteroatoms. The highest BCUT2D eigenvalue weighted by atomic mass is 16.5. The maximum atomic E-state index is 5.55. The van der Waals surface area contributed by atoms with Gasteiger partial charge in [0.05, 0.1) is 12.8 Å². The Kier molecular flexibility index (Phi) is 5.00. The molecule has 4 N–H and O–H groups in total. The van der Waals surface area contributed by atoms with Crippen LogP contribution in [0.3, 0.4) is 0 Å². The molecule has 1 rings (SSSR count). The van der Waals surface area contributed by atoms with Gasteiger partial charge in [0.1, 0.15) is 5.75 Å². The highest BCUT2D eigenvalue weighted by molar-refractivity contribution is 5.81. The second-order valence-corrected chi connectivity index (χ2v) is 4.04. The second-order valence-electron chi connectivity index (χ2n) is 4.04. The van der Waals surface area contributed by atoms with Crippen LogP contribution in [0.1, 0.15) is 19.4 Å². The SMILES string of the molecule is CC(C)COc1ccc(/C=N\N=C(N)N)cc1. The molecule has 0 amide bonds. The van der Waals surface area contributed by atoms with E-state index in [2.05, 4.69) is 24.1 Å². The van der Waals surface area contributed by atoms with Gasteiger partial charge in [-0.15, -0.1) is 5.10 Å². The van der Waals surface area contributed by atoms with Crippen molar-refractivity contribution in [2.45, 2.75) is 13.8 Å². The van der Waals surface area contributed by atoms with Crippen molar-refractivity contribution in [2.75, 3.05) is 6.61 Å². The monoisotopic (exact) mass is 234 g/mol. The van der Waals surface area contributed by atoms with Crippen LogP contribution < -0.4 is 16.2 Å². The number of guanidine groups is 1. The molecular formula is C12H18N4O. The second kappa shape index (κ2) is 6.52. The zero-order valence-electron chi connectivity index (χ0n) is 10.1. The summed E-state index contributed by atoms with van der Waals surface area (Å²) in [5.41, 5.74) is 11.2. The predicted octanol–water partition coefficient (Wildman–Crippen LogP) is 1.33. The van der Waals surface area contributed by atoms with E-state index in [1.54, 1.807) is 6.21 Å². The lowest BCUT2D eigenvalue weighted by Crippen LogP contribution is -2.21. The Balaban J connectivity index is 2.56. The topological polar surface area (TPSA) is 86.0 Å². The molecule has 0 bridgehead atoms. The third-order valence-electron chi connectivity index (χ3n) is 1.84. The van der Waals surface area contributed by atoms with Crippen LogP contribution in [0, 0.1) is 5.92 Å². The van der Waals surface area contributed by atoms with Crippen molar-refractivity contribution in [3.8, 4) is 5.75 Å². The highest BCUT2D eigenvalue weighted by Crippen LogP contribution is 2.12. The lowest BCUT2D eigenvalue weighted by atomic mass is 10.2. The van der Waals surface area contributed by atoms with Gasteiger partial charge in [0.2, 0.25) is 5.96 Å². The zero-order valence-corrected chi connectivity index (χ0v) is 10.1. The molecule has 0 saturated carbocycles. The number of hydrogen-bond acceptors (Lipinski definition) is 3. The summed E-state index contributed by atoms with van der Waals surface area (Å²) in [4.78, 5) is 0. The Morgan fingerprint density at radius 1 is 1.29 bits per heavy atom. The average molecular weight is 234 g/mol. The van der Waals surface area contributed by atoms with Crippen LogP contribution in [0.4, 0.5) is 0 Å². The van der Waals surface area contributed by atoms with Crippen LogP contribution in [0.2, 0.25) is 0 Å². The fraction of sp³-hybridized carbons (Fsp3) is 0.333. The minimum Gasteiger partial charge on any atom is -0.493 e. The van der Waals surface area contributed by atoms with Crippen LogP contribution in [0.5, 0.6) is 5.75 Å². The Bertz CT molecular complexity index is 391. The van der Waals surface area contributed by atoms with E-state index < -0.39 is 0 Å². The molecule has 1 aromatic carbocycles. The first kappa shape index (κ1) is 13.0. The van der Waals surface area contributed by atoms with Gasteiger partial charge < -0.3 is 16.2 Å². The summed E-state index contributed by atoms with van der Waals surface area (Å²) >= 11 is 0. The van der Waals surface area contributed by atoms with Crippen molar-refractivity contribution >= 4 is 12.2 Å². The largest absolute Gasteiger partial charge is 0.493 e. The smallest absolute Gasteiger partial charge is 0.211 e. The van der Waals surface area contributed by atoms with Gasteiger partial charge in [-0.3, -0.25) is 0 Å². The van der Waals surface area contributed by atoms with E-state index in [4.69, 9.17) is 16.2 Å². The summed E-state index contributed by atoms with van der Waals surface area (Å²) < 4.78 is 5.55. The normalized spacial score (nSPS) is 10.8. The summed E-state index contributed by atoms with van der Waals surface area (Å²) in [6, 6.07) is 7.56. The average Bonchev–Trinajstić information content (AvgIpc) is 2.27. The molecule has 0 spiro atoms. The molecule has 0 atom stereocenters. The first-order chi connectivity index (χ1) is 8.08. The van der Waals surface area contributed by atoms with Gasteiger partial charge in [-0.2, -0.15) is 5.10 Å². The van der Waals surface area contributed by atoms with Crippen LogP contribution in [0.25, 0.3) is 0 Å². The molecule has 0 aliphatic heterocycles. The van der Waals surface area contributed by atoms with Crippen molar-refractivity contribution in [1.29, 1.82) is 0 Å². The summed E-state index contributed by atoms with van der Waals surface area (Å²) in [6.45, 7) is 4.92. The first-order valence-corrected chi connectivity index (χ1v) is 5.42. The molecule has 0 radical (unpaired) electrons. The van der Waals surface area contributed by atoms with Crippen LogP contribution in [-0.2, 0) is 0 Å². The van der Waals surface area contributed by atoms with Crippen molar-refractivity contribution in [1.82, 2.24) is 0 Å². The van der Waals surface area contributed by atoms with Crippen LogP contribution >= 0.6 is 0 Å². The van der Waals surface area contributed by atoms with Gasteiger partial charge in [0.15, 0.2) is 0 Å². The zero-order chi connectivity index (χ0) is 12.7. The fourth-order valence-electron chi connectivity index (χ4n) is 1.08. The molecule has 0 saturated heterocycles. The first-order valence-electron chi connectivity index (χ1n) is 5.42. The van der Waals surface area contributed by atoms with E-state index in [-0.39, 0.29) is 5.96 Å². The Hall–Kier alpha value is -2.04. The number of nitrogens with two attached hydrogens (primary N) is 2. The van der Waals surface area contributed by atoms with Crippen molar-refractivity contribution in [3.05, 3.63) is 29.8 Å². The molecule has 92 valence electrons. The van der Waals surface area contributed by atoms with Crippen molar-refractivity contribution < 1.29 is 4.74 Å². The molecule has 5 nitrogen and oxygen atoms in total. The summed E-state index contributed by atoms with van der Waals surface area (Å²) in [5, 5.41) is 7.23. The number of rotatable bonds is 5. The lowest BCUT2D eigenvalue weighted by Gasteiger charge is -2.08. The molecule has 0 unspecified atom stereocenters. The van der Waals surface area contributed by atoms with Gasteiger partial charge in [-0.05, 0) is 35.7 Å². The lowest BCUT2D eigenvalue weighted by molar-refractivity contribution is 0.271. The third kappa shape index (κ3) is 5.55. The predicted molar refractivity (Wildman–Crippen MR) is 70.2 cm³/mol. The summed E-state index contributed by atoms with van der Waals surface area (Å²) in [5.74, 6) is 1.30. The molecule has 0 heterocycles. The third-order valence-corrected chi connectivity index (χ3v) is 1.84. The van der Waals surface area contributed by atoms with Crippen molar-refractivity contribution in [3.63, 3.8) is 0 Å². The molecule has 0 aliphatic carbocycles. The number of ether oxygens (including phenoxy) is 1. The summed E-state index contributed by atoms with van der Waals surface area (Å²) in [7, 11) is 0. The van der Waals surface area contributed by atoms with E-state index in [0.29, 0.717) is 12.5 Å². The molecule has 17 heavy (non-hydrogen) atoms. The minimum absolute atomic E-state index is 0.0573. The highest BCUT2D eigenvalue weighted by Gasteiger charge is 1.96. The van der Waals surface area contributed by atoms with Gasteiger partial charge >= 0.3 is 0 Å². The Morgan fingerprint density at radius 3 is 2.47 bits per heavy atom. The number of nitrogens with zero attached hydrogens (tertiary/aromatic N) is 2. The van der Waals surface area contributed by atoms with E-state index >= 15 is 0 Å².